The zero-order valence-corrected chi connectivity index (χ0v) is 13.8. The number of nitrogens with zero attached hydrogens (tertiary/aromatic N) is 1. The van der Waals surface area contributed by atoms with Gasteiger partial charge in [-0.05, 0) is 12.8 Å². The molecule has 7 heteroatoms. The zero-order chi connectivity index (χ0) is 12.7. The van der Waals surface area contributed by atoms with Gasteiger partial charge in [0.25, 0.3) is 0 Å². The van der Waals surface area contributed by atoms with E-state index in [1.165, 1.54) is 0 Å². The van der Waals surface area contributed by atoms with Crippen molar-refractivity contribution in [1.82, 2.24) is 10.3 Å². The van der Waals surface area contributed by atoms with Crippen molar-refractivity contribution in [3.63, 3.8) is 0 Å². The number of amides is 1. The normalized spacial score (nSPS) is 16.0. The Kier molecular flexibility index (Phi) is 6.27. The average Bonchev–Trinajstić information content (AvgIpc) is 2.81. The number of hydrogen-bond donors (Lipinski definition) is 2. The maximum atomic E-state index is 11.6. The Morgan fingerprint density at radius 1 is 1.47 bits per heavy atom. The molecular weight excluding hydrogens is 305 g/mol. The van der Waals surface area contributed by atoms with Crippen molar-refractivity contribution in [3.8, 4) is 0 Å². The minimum atomic E-state index is -0.593. The molecule has 0 atom stereocenters. The van der Waals surface area contributed by atoms with Gasteiger partial charge in [-0.3, -0.25) is 4.79 Å². The van der Waals surface area contributed by atoms with E-state index in [0.29, 0.717) is 6.54 Å². The van der Waals surface area contributed by atoms with Crippen LogP contribution in [-0.4, -0.2) is 16.4 Å². The van der Waals surface area contributed by atoms with Gasteiger partial charge in [0.2, 0.25) is 5.91 Å². The summed E-state index contributed by atoms with van der Waals surface area (Å²) in [6.45, 7) is 6.87. The Balaban J connectivity index is 0.00000162. The highest BCUT2D eigenvalue weighted by molar-refractivity contribution is 7.09. The minimum Gasteiger partial charge on any atom is -0.348 e. The molecular formula is C12H21Cl2N3OS. The lowest BCUT2D eigenvalue weighted by molar-refractivity contribution is -0.123. The van der Waals surface area contributed by atoms with Crippen LogP contribution in [0, 0.1) is 0 Å². The van der Waals surface area contributed by atoms with Crippen LogP contribution in [0.4, 0.5) is 0 Å². The summed E-state index contributed by atoms with van der Waals surface area (Å²) in [5.41, 5.74) is 6.34. The van der Waals surface area contributed by atoms with E-state index in [1.54, 1.807) is 11.3 Å². The lowest BCUT2D eigenvalue weighted by Gasteiger charge is -2.14. The molecule has 1 saturated carbocycles. The van der Waals surface area contributed by atoms with Gasteiger partial charge in [-0.1, -0.05) is 20.8 Å². The number of carbonyl (C=O) groups excluding carboxylic acids is 1. The van der Waals surface area contributed by atoms with Crippen molar-refractivity contribution in [2.24, 2.45) is 5.73 Å². The van der Waals surface area contributed by atoms with E-state index >= 15 is 0 Å². The van der Waals surface area contributed by atoms with Gasteiger partial charge >= 0.3 is 0 Å². The van der Waals surface area contributed by atoms with Crippen molar-refractivity contribution in [1.29, 1.82) is 0 Å². The van der Waals surface area contributed by atoms with Crippen LogP contribution in [-0.2, 0) is 16.8 Å². The van der Waals surface area contributed by atoms with Crippen LogP contribution in [0.3, 0.4) is 0 Å². The van der Waals surface area contributed by atoms with Crippen LogP contribution >= 0.6 is 36.2 Å². The summed E-state index contributed by atoms with van der Waals surface area (Å²) in [5, 5.41) is 5.84. The predicted octanol–water partition coefficient (Wildman–Crippen LogP) is 2.39. The number of halogens is 2. The Labute approximate surface area is 130 Å². The molecule has 110 valence electrons. The summed E-state index contributed by atoms with van der Waals surface area (Å²) in [5.74, 6) is -0.0509. The lowest BCUT2D eigenvalue weighted by Crippen LogP contribution is -2.42. The molecule has 19 heavy (non-hydrogen) atoms. The first-order chi connectivity index (χ1) is 7.81. The Morgan fingerprint density at radius 3 is 2.47 bits per heavy atom. The monoisotopic (exact) mass is 325 g/mol. The van der Waals surface area contributed by atoms with Gasteiger partial charge < -0.3 is 11.1 Å². The van der Waals surface area contributed by atoms with Crippen molar-refractivity contribution in [3.05, 3.63) is 16.1 Å². The molecule has 1 aliphatic carbocycles. The van der Waals surface area contributed by atoms with Crippen molar-refractivity contribution < 1.29 is 4.79 Å². The van der Waals surface area contributed by atoms with Crippen LogP contribution in [0.1, 0.15) is 44.3 Å². The maximum absolute atomic E-state index is 11.6. The first-order valence-corrected chi connectivity index (χ1v) is 6.71. The van der Waals surface area contributed by atoms with Crippen LogP contribution in [0.5, 0.6) is 0 Å². The molecule has 0 unspecified atom stereocenters. The van der Waals surface area contributed by atoms with Gasteiger partial charge in [0.1, 0.15) is 5.01 Å². The Bertz CT molecular complexity index is 438. The summed E-state index contributed by atoms with van der Waals surface area (Å²) in [7, 11) is 0. The second kappa shape index (κ2) is 6.39. The van der Waals surface area contributed by atoms with Crippen molar-refractivity contribution >= 4 is 42.1 Å². The molecule has 0 aromatic carbocycles. The average molecular weight is 326 g/mol. The number of hydrogen-bond acceptors (Lipinski definition) is 4. The standard InChI is InChI=1S/C12H19N3OS.2ClH/c1-11(2,3)8-7-17-9(15-8)6-14-10(16)12(13)4-5-12;;/h7H,4-6,13H2,1-3H3,(H,14,16);2*1H. The van der Waals surface area contributed by atoms with Crippen molar-refractivity contribution in [2.75, 3.05) is 0 Å². The fraction of sp³-hybridized carbons (Fsp3) is 0.667. The second-order valence-electron chi connectivity index (χ2n) is 5.72. The molecule has 1 aliphatic rings. The number of nitrogens with two attached hydrogens (primary N) is 1. The van der Waals surface area contributed by atoms with E-state index in [9.17, 15) is 4.79 Å². The molecule has 0 saturated heterocycles. The third kappa shape index (κ3) is 4.60. The van der Waals surface area contributed by atoms with Crippen LogP contribution in [0.2, 0.25) is 0 Å². The topological polar surface area (TPSA) is 68.0 Å². The first kappa shape index (κ1) is 18.6. The van der Waals surface area contributed by atoms with E-state index < -0.39 is 5.54 Å². The largest absolute Gasteiger partial charge is 0.348 e. The molecule has 4 nitrogen and oxygen atoms in total. The van der Waals surface area contributed by atoms with Gasteiger partial charge in [0.05, 0.1) is 17.8 Å². The summed E-state index contributed by atoms with van der Waals surface area (Å²) < 4.78 is 0. The number of nitrogens with one attached hydrogen (secondary N) is 1. The van der Waals surface area contributed by atoms with Crippen molar-refractivity contribution in [2.45, 2.75) is 51.1 Å². The minimum absolute atomic E-state index is 0. The summed E-state index contributed by atoms with van der Waals surface area (Å²) in [6, 6.07) is 0. The maximum Gasteiger partial charge on any atom is 0.240 e. The van der Waals surface area contributed by atoms with Gasteiger partial charge in [0.15, 0.2) is 0 Å². The molecule has 2 rings (SSSR count). The molecule has 1 heterocycles. The predicted molar refractivity (Wildman–Crippen MR) is 83.3 cm³/mol. The highest BCUT2D eigenvalue weighted by Crippen LogP contribution is 2.32. The van der Waals surface area contributed by atoms with E-state index in [1.807, 2.05) is 0 Å². The molecule has 3 N–H and O–H groups in total. The lowest BCUT2D eigenvalue weighted by atomic mass is 9.93. The smallest absolute Gasteiger partial charge is 0.240 e. The molecule has 0 radical (unpaired) electrons. The molecule has 1 aromatic rings. The first-order valence-electron chi connectivity index (χ1n) is 5.83. The summed E-state index contributed by atoms with van der Waals surface area (Å²) in [6.07, 6.45) is 1.59. The van der Waals surface area contributed by atoms with E-state index in [2.05, 4.69) is 36.5 Å². The van der Waals surface area contributed by atoms with Crippen LogP contribution in [0.25, 0.3) is 0 Å². The number of aromatic nitrogens is 1. The summed E-state index contributed by atoms with van der Waals surface area (Å²) in [4.78, 5) is 16.2. The highest BCUT2D eigenvalue weighted by atomic mass is 35.5. The third-order valence-corrected chi connectivity index (χ3v) is 3.81. The Hall–Kier alpha value is -0.360. The number of rotatable bonds is 3. The Morgan fingerprint density at radius 2 is 2.05 bits per heavy atom. The quantitative estimate of drug-likeness (QED) is 0.896. The van der Waals surface area contributed by atoms with Gasteiger partial charge in [-0.25, -0.2) is 4.98 Å². The molecule has 0 spiro atoms. The van der Waals surface area contributed by atoms with E-state index in [0.717, 1.165) is 23.5 Å². The molecule has 0 bridgehead atoms. The van der Waals surface area contributed by atoms with E-state index in [-0.39, 0.29) is 36.1 Å². The SMILES string of the molecule is CC(C)(C)c1csc(CNC(=O)C2(N)CC2)n1.Cl.Cl. The van der Waals surface area contributed by atoms with E-state index in [4.69, 9.17) is 5.73 Å². The molecule has 1 aromatic heterocycles. The molecule has 1 amide bonds. The van der Waals surface area contributed by atoms with Crippen LogP contribution in [0.15, 0.2) is 5.38 Å². The fourth-order valence-corrected chi connectivity index (χ4v) is 2.39. The van der Waals surface area contributed by atoms with Gasteiger partial charge in [0, 0.05) is 10.8 Å². The molecule has 0 aliphatic heterocycles. The second-order valence-corrected chi connectivity index (χ2v) is 6.66. The number of thiazole rings is 1. The number of carbonyl (C=O) groups is 1. The van der Waals surface area contributed by atoms with Crippen LogP contribution < -0.4 is 11.1 Å². The fourth-order valence-electron chi connectivity index (χ4n) is 1.43. The third-order valence-electron chi connectivity index (χ3n) is 2.96. The zero-order valence-electron chi connectivity index (χ0n) is 11.4. The van der Waals surface area contributed by atoms with Gasteiger partial charge in [-0.15, -0.1) is 36.2 Å². The highest BCUT2D eigenvalue weighted by Gasteiger charge is 2.45. The summed E-state index contributed by atoms with van der Waals surface area (Å²) >= 11 is 1.58. The molecule has 1 fully saturated rings. The van der Waals surface area contributed by atoms with Gasteiger partial charge in [-0.2, -0.15) is 0 Å².